The van der Waals surface area contributed by atoms with Gasteiger partial charge in [-0.2, -0.15) is 0 Å². The molecule has 2 nitrogen and oxygen atoms in total. The molecule has 0 radical (unpaired) electrons. The zero-order chi connectivity index (χ0) is 22.2. The summed E-state index contributed by atoms with van der Waals surface area (Å²) in [6, 6.07) is 40.4. The molecular weight excluding hydrogens is 403 g/mol. The van der Waals surface area contributed by atoms with Gasteiger partial charge in [-0.05, 0) is 73.5 Å². The highest BCUT2D eigenvalue weighted by Gasteiger charge is 2.13. The molecule has 0 saturated heterocycles. The van der Waals surface area contributed by atoms with Crippen molar-refractivity contribution in [2.75, 3.05) is 0 Å². The van der Waals surface area contributed by atoms with Crippen LogP contribution in [0.1, 0.15) is 0 Å². The maximum atomic E-state index is 9.39. The standard InChI is InChI=1S/C30H21BO2/c32-31-33-29-14-6-13-27-28(29)19-24-9-3-4-12-26(24)30(27)25-11-5-10-22(18-25)23-16-15-20-7-1-2-8-21(20)17-23/h1-19,31-32H. The summed E-state index contributed by atoms with van der Waals surface area (Å²) in [5.41, 5.74) is 4.71. The van der Waals surface area contributed by atoms with E-state index in [-0.39, 0.29) is 7.69 Å². The number of fused-ring (bicyclic) bond motifs is 3. The average Bonchev–Trinajstić information content (AvgIpc) is 2.87. The van der Waals surface area contributed by atoms with Crippen molar-refractivity contribution in [3.8, 4) is 28.0 Å². The van der Waals surface area contributed by atoms with Crippen molar-refractivity contribution >= 4 is 40.0 Å². The molecule has 0 spiro atoms. The highest BCUT2D eigenvalue weighted by Crippen LogP contribution is 2.40. The SMILES string of the molecule is OBOc1cccc2c(-c3cccc(-c4ccc5ccccc5c4)c3)c3ccccc3cc12. The summed E-state index contributed by atoms with van der Waals surface area (Å²) in [5, 5.41) is 16.3. The Kier molecular flexibility index (Phi) is 4.82. The van der Waals surface area contributed by atoms with Gasteiger partial charge in [-0.15, -0.1) is 0 Å². The van der Waals surface area contributed by atoms with Gasteiger partial charge in [0.2, 0.25) is 0 Å². The van der Waals surface area contributed by atoms with Crippen LogP contribution >= 0.6 is 0 Å². The largest absolute Gasteiger partial charge is 0.538 e. The van der Waals surface area contributed by atoms with Crippen molar-refractivity contribution in [1.82, 2.24) is 0 Å². The average molecular weight is 424 g/mol. The van der Waals surface area contributed by atoms with Crippen molar-refractivity contribution in [3.05, 3.63) is 115 Å². The quantitative estimate of drug-likeness (QED) is 0.241. The molecule has 0 heterocycles. The first-order valence-electron chi connectivity index (χ1n) is 11.1. The third-order valence-electron chi connectivity index (χ3n) is 6.32. The topological polar surface area (TPSA) is 29.5 Å². The Labute approximate surface area is 193 Å². The van der Waals surface area contributed by atoms with Crippen LogP contribution < -0.4 is 4.65 Å². The van der Waals surface area contributed by atoms with E-state index in [9.17, 15) is 5.02 Å². The highest BCUT2D eigenvalue weighted by atomic mass is 16.5. The molecule has 0 bridgehead atoms. The first-order chi connectivity index (χ1) is 16.3. The van der Waals surface area contributed by atoms with Gasteiger partial charge in [-0.3, -0.25) is 0 Å². The van der Waals surface area contributed by atoms with Gasteiger partial charge in [0.15, 0.2) is 0 Å². The summed E-state index contributed by atoms with van der Waals surface area (Å²) < 4.78 is 5.55. The molecule has 33 heavy (non-hydrogen) atoms. The first kappa shape index (κ1) is 19.6. The van der Waals surface area contributed by atoms with E-state index < -0.39 is 0 Å². The van der Waals surface area contributed by atoms with Crippen LogP contribution in [-0.2, 0) is 0 Å². The fraction of sp³-hybridized carbons (Fsp3) is 0. The monoisotopic (exact) mass is 424 g/mol. The Morgan fingerprint density at radius 1 is 0.485 bits per heavy atom. The van der Waals surface area contributed by atoms with E-state index in [0.717, 1.165) is 21.7 Å². The number of hydrogen-bond acceptors (Lipinski definition) is 2. The minimum Gasteiger partial charge on any atom is -0.538 e. The number of benzene rings is 6. The fourth-order valence-corrected chi connectivity index (χ4v) is 4.79. The fourth-order valence-electron chi connectivity index (χ4n) is 4.79. The van der Waals surface area contributed by atoms with Crippen LogP contribution in [0, 0.1) is 0 Å². The number of hydrogen-bond donors (Lipinski definition) is 1. The van der Waals surface area contributed by atoms with E-state index in [1.54, 1.807) is 0 Å². The van der Waals surface area contributed by atoms with E-state index in [1.807, 2.05) is 12.1 Å². The molecule has 0 atom stereocenters. The maximum absolute atomic E-state index is 9.39. The second-order valence-corrected chi connectivity index (χ2v) is 8.24. The molecule has 0 unspecified atom stereocenters. The Balaban J connectivity index is 1.60. The third-order valence-corrected chi connectivity index (χ3v) is 6.32. The van der Waals surface area contributed by atoms with Gasteiger partial charge in [-0.1, -0.05) is 91.0 Å². The van der Waals surface area contributed by atoms with Gasteiger partial charge >= 0.3 is 7.69 Å². The molecule has 6 rings (SSSR count). The molecule has 6 aromatic carbocycles. The van der Waals surface area contributed by atoms with Gasteiger partial charge in [0, 0.05) is 5.39 Å². The van der Waals surface area contributed by atoms with Crippen LogP contribution in [0.4, 0.5) is 0 Å². The van der Waals surface area contributed by atoms with Crippen LogP contribution in [-0.4, -0.2) is 12.7 Å². The van der Waals surface area contributed by atoms with Crippen LogP contribution in [0.2, 0.25) is 0 Å². The van der Waals surface area contributed by atoms with Crippen molar-refractivity contribution in [3.63, 3.8) is 0 Å². The van der Waals surface area contributed by atoms with Gasteiger partial charge in [-0.25, -0.2) is 0 Å². The lowest BCUT2D eigenvalue weighted by Crippen LogP contribution is -2.00. The molecule has 0 aromatic heterocycles. The summed E-state index contributed by atoms with van der Waals surface area (Å²) in [7, 11) is -0.348. The second kappa shape index (κ2) is 8.12. The second-order valence-electron chi connectivity index (χ2n) is 8.24. The van der Waals surface area contributed by atoms with Gasteiger partial charge < -0.3 is 9.68 Å². The van der Waals surface area contributed by atoms with Crippen LogP contribution in [0.3, 0.4) is 0 Å². The maximum Gasteiger partial charge on any atom is 0.504 e. The van der Waals surface area contributed by atoms with E-state index in [4.69, 9.17) is 4.65 Å². The molecule has 0 saturated carbocycles. The predicted octanol–water partition coefficient (Wildman–Crippen LogP) is 7.12. The van der Waals surface area contributed by atoms with Crippen LogP contribution in [0.25, 0.3) is 54.6 Å². The van der Waals surface area contributed by atoms with Gasteiger partial charge in [0.25, 0.3) is 0 Å². The van der Waals surface area contributed by atoms with Crippen molar-refractivity contribution in [2.24, 2.45) is 0 Å². The predicted molar refractivity (Wildman–Crippen MR) is 140 cm³/mol. The zero-order valence-corrected chi connectivity index (χ0v) is 18.0. The summed E-state index contributed by atoms with van der Waals surface area (Å²) in [6.45, 7) is 0. The Morgan fingerprint density at radius 2 is 1.18 bits per heavy atom. The Bertz CT molecular complexity index is 1640. The third kappa shape index (κ3) is 3.43. The molecule has 0 aliphatic carbocycles. The van der Waals surface area contributed by atoms with Gasteiger partial charge in [0.1, 0.15) is 5.75 Å². The molecule has 6 aromatic rings. The Hall–Kier alpha value is -4.08. The molecular formula is C30H21BO2. The molecule has 156 valence electrons. The van der Waals surface area contributed by atoms with E-state index >= 15 is 0 Å². The molecule has 0 aliphatic heterocycles. The number of rotatable bonds is 4. The highest BCUT2D eigenvalue weighted by molar-refractivity contribution is 6.19. The zero-order valence-electron chi connectivity index (χ0n) is 18.0. The first-order valence-corrected chi connectivity index (χ1v) is 11.1. The normalized spacial score (nSPS) is 11.2. The van der Waals surface area contributed by atoms with Crippen LogP contribution in [0.5, 0.6) is 5.75 Å². The summed E-state index contributed by atoms with van der Waals surface area (Å²) in [5.74, 6) is 0.688. The Morgan fingerprint density at radius 3 is 2.06 bits per heavy atom. The molecule has 3 heteroatoms. The minimum atomic E-state index is -0.348. The van der Waals surface area contributed by atoms with Gasteiger partial charge in [0.05, 0.1) is 0 Å². The minimum absolute atomic E-state index is 0.348. The molecule has 0 amide bonds. The summed E-state index contributed by atoms with van der Waals surface area (Å²) in [6.07, 6.45) is 0. The molecule has 0 aliphatic rings. The lowest BCUT2D eigenvalue weighted by Gasteiger charge is -2.15. The lowest BCUT2D eigenvalue weighted by atomic mass is 9.90. The van der Waals surface area contributed by atoms with Crippen LogP contribution in [0.15, 0.2) is 115 Å². The smallest absolute Gasteiger partial charge is 0.504 e. The van der Waals surface area contributed by atoms with Crippen molar-refractivity contribution < 1.29 is 9.68 Å². The van der Waals surface area contributed by atoms with Crippen molar-refractivity contribution in [2.45, 2.75) is 0 Å². The van der Waals surface area contributed by atoms with E-state index in [0.29, 0.717) is 5.75 Å². The summed E-state index contributed by atoms with van der Waals surface area (Å²) in [4.78, 5) is 0. The molecule has 0 fully saturated rings. The summed E-state index contributed by atoms with van der Waals surface area (Å²) >= 11 is 0. The van der Waals surface area contributed by atoms with E-state index in [2.05, 4.69) is 103 Å². The van der Waals surface area contributed by atoms with E-state index in [1.165, 1.54) is 32.8 Å². The lowest BCUT2D eigenvalue weighted by molar-refractivity contribution is 0.457. The van der Waals surface area contributed by atoms with Crippen molar-refractivity contribution in [1.29, 1.82) is 0 Å². The molecule has 1 N–H and O–H groups in total.